The van der Waals surface area contributed by atoms with Gasteiger partial charge in [-0.2, -0.15) is 0 Å². The highest BCUT2D eigenvalue weighted by Gasteiger charge is 2.17. The Hall–Kier alpha value is -2.35. The quantitative estimate of drug-likeness (QED) is 0.351. The maximum Gasteiger partial charge on any atom is 0.269 e. The van der Waals surface area contributed by atoms with Crippen LogP contribution in [-0.2, 0) is 0 Å². The number of aliphatic imine (C=N–C) groups is 1. The highest BCUT2D eigenvalue weighted by Crippen LogP contribution is 2.17. The van der Waals surface area contributed by atoms with Gasteiger partial charge in [0.25, 0.3) is 5.69 Å². The first-order valence-corrected chi connectivity index (χ1v) is 8.06. The number of hydrogen-bond donors (Lipinski definition) is 2. The van der Waals surface area contributed by atoms with Crippen LogP contribution in [0.15, 0.2) is 29.3 Å². The van der Waals surface area contributed by atoms with Crippen LogP contribution in [0.5, 0.6) is 5.75 Å². The lowest BCUT2D eigenvalue weighted by Gasteiger charge is -2.31. The fourth-order valence-corrected chi connectivity index (χ4v) is 2.45. The number of nitrogens with two attached hydrogens (primary N) is 1. The van der Waals surface area contributed by atoms with Gasteiger partial charge in [-0.25, -0.2) is 0 Å². The monoisotopic (exact) mass is 336 g/mol. The standard InChI is InChI=1S/C16H24N4O4/c1-12-6-8-19(9-7-12)16(17)18-10-14(21)11-24-15-4-2-13(3-5-15)20(22)23/h2-5,12,14,21H,6-11H2,1H3,(H2,17,18). The van der Waals surface area contributed by atoms with Crippen LogP contribution in [0.25, 0.3) is 0 Å². The van der Waals surface area contributed by atoms with Crippen molar-refractivity contribution < 1.29 is 14.8 Å². The maximum absolute atomic E-state index is 10.6. The molecule has 1 aromatic rings. The predicted octanol–water partition coefficient (Wildman–Crippen LogP) is 1.38. The van der Waals surface area contributed by atoms with Crippen LogP contribution in [0.2, 0.25) is 0 Å². The van der Waals surface area contributed by atoms with Gasteiger partial charge in [0.1, 0.15) is 18.5 Å². The molecule has 132 valence electrons. The molecule has 0 radical (unpaired) electrons. The first kappa shape index (κ1) is 18.0. The van der Waals surface area contributed by atoms with Crippen molar-refractivity contribution in [1.29, 1.82) is 0 Å². The summed E-state index contributed by atoms with van der Waals surface area (Å²) in [6.45, 7) is 4.22. The van der Waals surface area contributed by atoms with Gasteiger partial charge in [0, 0.05) is 25.2 Å². The molecular weight excluding hydrogens is 312 g/mol. The summed E-state index contributed by atoms with van der Waals surface area (Å²) in [4.78, 5) is 16.4. The van der Waals surface area contributed by atoms with Crippen LogP contribution < -0.4 is 10.5 Å². The summed E-state index contributed by atoms with van der Waals surface area (Å²) in [7, 11) is 0. The maximum atomic E-state index is 10.6. The van der Waals surface area contributed by atoms with Crippen LogP contribution in [0.4, 0.5) is 5.69 Å². The number of nitro benzene ring substituents is 1. The molecule has 1 fully saturated rings. The molecule has 0 aromatic heterocycles. The van der Waals surface area contributed by atoms with Crippen molar-refractivity contribution in [2.24, 2.45) is 16.6 Å². The number of nitro groups is 1. The Labute approximate surface area is 141 Å². The summed E-state index contributed by atoms with van der Waals surface area (Å²) in [5, 5.41) is 20.5. The van der Waals surface area contributed by atoms with Crippen molar-refractivity contribution in [3.05, 3.63) is 34.4 Å². The third-order valence-electron chi connectivity index (χ3n) is 4.06. The zero-order chi connectivity index (χ0) is 17.5. The van der Waals surface area contributed by atoms with Crippen LogP contribution in [0.1, 0.15) is 19.8 Å². The number of guanidine groups is 1. The van der Waals surface area contributed by atoms with Gasteiger partial charge in [0.15, 0.2) is 5.96 Å². The number of piperidine rings is 1. The van der Waals surface area contributed by atoms with E-state index in [4.69, 9.17) is 10.5 Å². The number of benzene rings is 1. The molecule has 24 heavy (non-hydrogen) atoms. The highest BCUT2D eigenvalue weighted by atomic mass is 16.6. The summed E-state index contributed by atoms with van der Waals surface area (Å²) >= 11 is 0. The smallest absolute Gasteiger partial charge is 0.269 e. The van der Waals surface area contributed by atoms with E-state index >= 15 is 0 Å². The number of likely N-dealkylation sites (tertiary alicyclic amines) is 1. The molecule has 1 unspecified atom stereocenters. The molecule has 0 spiro atoms. The minimum absolute atomic E-state index is 0.00359. The SMILES string of the molecule is CC1CCN(C(N)=NCC(O)COc2ccc([N+](=O)[O-])cc2)CC1. The van der Waals surface area contributed by atoms with Gasteiger partial charge in [-0.15, -0.1) is 0 Å². The minimum atomic E-state index is -0.789. The Morgan fingerprint density at radius 1 is 1.46 bits per heavy atom. The van der Waals surface area contributed by atoms with E-state index in [1.54, 1.807) is 0 Å². The number of nitrogens with zero attached hydrogens (tertiary/aromatic N) is 3. The number of aliphatic hydroxyl groups is 1. The zero-order valence-electron chi connectivity index (χ0n) is 13.8. The van der Waals surface area contributed by atoms with Crippen LogP contribution in [0.3, 0.4) is 0 Å². The molecule has 1 aliphatic rings. The summed E-state index contributed by atoms with van der Waals surface area (Å²) in [6.07, 6.45) is 1.41. The summed E-state index contributed by atoms with van der Waals surface area (Å²) in [5.74, 6) is 1.63. The molecule has 1 aliphatic heterocycles. The van der Waals surface area contributed by atoms with E-state index in [1.165, 1.54) is 24.3 Å². The number of rotatable bonds is 6. The van der Waals surface area contributed by atoms with Gasteiger partial charge >= 0.3 is 0 Å². The van der Waals surface area contributed by atoms with E-state index in [0.717, 1.165) is 31.8 Å². The van der Waals surface area contributed by atoms with E-state index in [9.17, 15) is 15.2 Å². The summed E-state index contributed by atoms with van der Waals surface area (Å²) < 4.78 is 5.40. The predicted molar refractivity (Wildman–Crippen MR) is 91.1 cm³/mol. The van der Waals surface area contributed by atoms with Gasteiger partial charge in [-0.1, -0.05) is 6.92 Å². The Kier molecular flexibility index (Phi) is 6.36. The molecule has 1 saturated heterocycles. The molecule has 3 N–H and O–H groups in total. The lowest BCUT2D eigenvalue weighted by Crippen LogP contribution is -2.43. The summed E-state index contributed by atoms with van der Waals surface area (Å²) in [6, 6.07) is 5.71. The average Bonchev–Trinajstić information content (AvgIpc) is 2.58. The van der Waals surface area contributed by atoms with Gasteiger partial charge < -0.3 is 20.5 Å². The third-order valence-corrected chi connectivity index (χ3v) is 4.06. The molecule has 8 heteroatoms. The lowest BCUT2D eigenvalue weighted by molar-refractivity contribution is -0.384. The average molecular weight is 336 g/mol. The topological polar surface area (TPSA) is 114 Å². The van der Waals surface area contributed by atoms with E-state index in [1.807, 2.05) is 4.90 Å². The van der Waals surface area contributed by atoms with Crippen molar-refractivity contribution in [1.82, 2.24) is 4.90 Å². The molecule has 0 amide bonds. The molecule has 1 heterocycles. The van der Waals surface area contributed by atoms with Crippen molar-refractivity contribution in [2.75, 3.05) is 26.2 Å². The van der Waals surface area contributed by atoms with Crippen LogP contribution in [-0.4, -0.2) is 53.2 Å². The van der Waals surface area contributed by atoms with E-state index in [0.29, 0.717) is 11.7 Å². The van der Waals surface area contributed by atoms with Gasteiger partial charge in [-0.3, -0.25) is 15.1 Å². The first-order valence-electron chi connectivity index (χ1n) is 8.06. The van der Waals surface area contributed by atoms with Crippen molar-refractivity contribution >= 4 is 11.6 Å². The highest BCUT2D eigenvalue weighted by molar-refractivity contribution is 5.78. The van der Waals surface area contributed by atoms with Gasteiger partial charge in [-0.05, 0) is 30.9 Å². The van der Waals surface area contributed by atoms with Crippen LogP contribution >= 0.6 is 0 Å². The normalized spacial score (nSPS) is 17.6. The second-order valence-corrected chi connectivity index (χ2v) is 6.08. The lowest BCUT2D eigenvalue weighted by atomic mass is 10.00. The number of hydrogen-bond acceptors (Lipinski definition) is 5. The number of non-ortho nitro benzene ring substituents is 1. The van der Waals surface area contributed by atoms with Crippen molar-refractivity contribution in [2.45, 2.75) is 25.9 Å². The van der Waals surface area contributed by atoms with Crippen LogP contribution in [0, 0.1) is 16.0 Å². The fraction of sp³-hybridized carbons (Fsp3) is 0.562. The Morgan fingerprint density at radius 3 is 2.67 bits per heavy atom. The minimum Gasteiger partial charge on any atom is -0.491 e. The van der Waals surface area contributed by atoms with Crippen molar-refractivity contribution in [3.63, 3.8) is 0 Å². The Bertz CT molecular complexity index is 568. The second kappa shape index (κ2) is 8.49. The largest absolute Gasteiger partial charge is 0.491 e. The second-order valence-electron chi connectivity index (χ2n) is 6.08. The van der Waals surface area contributed by atoms with E-state index in [2.05, 4.69) is 11.9 Å². The first-order chi connectivity index (χ1) is 11.5. The third kappa shape index (κ3) is 5.38. The molecule has 1 atom stereocenters. The van der Waals surface area contributed by atoms with E-state index in [-0.39, 0.29) is 18.8 Å². The van der Waals surface area contributed by atoms with Gasteiger partial charge in [0.05, 0.1) is 11.5 Å². The molecule has 0 saturated carbocycles. The van der Waals surface area contributed by atoms with Crippen molar-refractivity contribution in [3.8, 4) is 5.75 Å². The molecule has 0 aliphatic carbocycles. The number of aliphatic hydroxyl groups excluding tert-OH is 1. The molecule has 8 nitrogen and oxygen atoms in total. The molecular formula is C16H24N4O4. The zero-order valence-corrected chi connectivity index (χ0v) is 13.8. The molecule has 1 aromatic carbocycles. The fourth-order valence-electron chi connectivity index (χ4n) is 2.45. The Balaban J connectivity index is 1.75. The van der Waals surface area contributed by atoms with E-state index < -0.39 is 11.0 Å². The molecule has 0 bridgehead atoms. The van der Waals surface area contributed by atoms with Gasteiger partial charge in [0.2, 0.25) is 0 Å². The summed E-state index contributed by atoms with van der Waals surface area (Å²) in [5.41, 5.74) is 5.95. The number of ether oxygens (including phenoxy) is 1. The Morgan fingerprint density at radius 2 is 2.08 bits per heavy atom. The molecule has 2 rings (SSSR count).